The number of hydrogen-bond acceptors (Lipinski definition) is 6. The maximum absolute atomic E-state index is 13.1. The van der Waals surface area contributed by atoms with Crippen LogP contribution in [0.5, 0.6) is 0 Å². The van der Waals surface area contributed by atoms with E-state index in [9.17, 15) is 9.66 Å². The van der Waals surface area contributed by atoms with Crippen LogP contribution in [0.1, 0.15) is 43.8 Å². The van der Waals surface area contributed by atoms with E-state index in [1.54, 1.807) is 0 Å². The number of aliphatic hydroxyl groups excluding tert-OH is 1. The molecule has 0 radical (unpaired) electrons. The van der Waals surface area contributed by atoms with E-state index < -0.39 is 16.1 Å². The summed E-state index contributed by atoms with van der Waals surface area (Å²) in [5, 5.41) is 14.6. The SMILES string of the molecule is CC(C)(C)[S@+]([O-])N[C@@H](Cc1cccc(CCO)n1)c1ccccc1-c1noc2ccccc12. The van der Waals surface area contributed by atoms with Gasteiger partial charge in [-0.2, -0.15) is 0 Å². The van der Waals surface area contributed by atoms with Crippen LogP contribution < -0.4 is 4.72 Å². The molecule has 33 heavy (non-hydrogen) atoms. The lowest BCUT2D eigenvalue weighted by atomic mass is 9.94. The Morgan fingerprint density at radius 3 is 2.52 bits per heavy atom. The lowest BCUT2D eigenvalue weighted by Gasteiger charge is -2.29. The molecule has 0 amide bonds. The molecule has 2 aromatic heterocycles. The van der Waals surface area contributed by atoms with Gasteiger partial charge in [0.05, 0.1) is 6.04 Å². The fourth-order valence-corrected chi connectivity index (χ4v) is 4.55. The Bertz CT molecular complexity index is 1220. The zero-order valence-corrected chi connectivity index (χ0v) is 19.9. The molecule has 0 unspecified atom stereocenters. The maximum atomic E-state index is 13.1. The summed E-state index contributed by atoms with van der Waals surface area (Å²) in [7, 11) is 0. The smallest absolute Gasteiger partial charge is 0.167 e. The Morgan fingerprint density at radius 1 is 1.00 bits per heavy atom. The number of nitrogens with one attached hydrogen (secondary N) is 1. The van der Waals surface area contributed by atoms with Crippen LogP contribution in [0.25, 0.3) is 22.2 Å². The van der Waals surface area contributed by atoms with Gasteiger partial charge in [-0.15, -0.1) is 4.72 Å². The van der Waals surface area contributed by atoms with Crippen LogP contribution >= 0.6 is 0 Å². The number of hydrogen-bond donors (Lipinski definition) is 2. The lowest BCUT2D eigenvalue weighted by Crippen LogP contribution is -2.42. The van der Waals surface area contributed by atoms with Crippen molar-refractivity contribution in [2.24, 2.45) is 0 Å². The van der Waals surface area contributed by atoms with E-state index in [1.807, 2.05) is 87.5 Å². The van der Waals surface area contributed by atoms with Crippen molar-refractivity contribution in [3.8, 4) is 11.3 Å². The zero-order valence-electron chi connectivity index (χ0n) is 19.1. The van der Waals surface area contributed by atoms with Gasteiger partial charge in [-0.1, -0.05) is 47.6 Å². The highest BCUT2D eigenvalue weighted by Crippen LogP contribution is 2.35. The van der Waals surface area contributed by atoms with Gasteiger partial charge in [0.15, 0.2) is 5.58 Å². The molecule has 0 aliphatic heterocycles. The average Bonchev–Trinajstić information content (AvgIpc) is 3.22. The number of pyridine rings is 1. The first-order chi connectivity index (χ1) is 15.9. The molecular formula is C26H29N3O3S. The van der Waals surface area contributed by atoms with E-state index in [0.717, 1.165) is 39.2 Å². The van der Waals surface area contributed by atoms with Gasteiger partial charge in [-0.05, 0) is 50.6 Å². The quantitative estimate of drug-likeness (QED) is 0.366. The average molecular weight is 464 g/mol. The van der Waals surface area contributed by atoms with Gasteiger partial charge >= 0.3 is 0 Å². The molecule has 0 aliphatic carbocycles. The molecule has 0 saturated carbocycles. The van der Waals surface area contributed by atoms with Crippen LogP contribution in [0, 0.1) is 0 Å². The Kier molecular flexibility index (Phi) is 7.14. The summed E-state index contributed by atoms with van der Waals surface area (Å²) in [6, 6.07) is 21.3. The minimum atomic E-state index is -1.29. The topological polar surface area (TPSA) is 94.2 Å². The number of benzene rings is 2. The monoisotopic (exact) mass is 463 g/mol. The Hall–Kier alpha value is -2.71. The highest BCUT2D eigenvalue weighted by Gasteiger charge is 2.31. The molecular weight excluding hydrogens is 434 g/mol. The molecule has 0 saturated heterocycles. The van der Waals surface area contributed by atoms with Gasteiger partial charge in [0.2, 0.25) is 0 Å². The van der Waals surface area contributed by atoms with E-state index in [0.29, 0.717) is 12.8 Å². The third-order valence-corrected chi connectivity index (χ3v) is 7.03. The Morgan fingerprint density at radius 2 is 1.73 bits per heavy atom. The van der Waals surface area contributed by atoms with Crippen LogP contribution in [0.4, 0.5) is 0 Å². The van der Waals surface area contributed by atoms with Crippen molar-refractivity contribution < 1.29 is 14.2 Å². The number of para-hydroxylation sites is 1. The van der Waals surface area contributed by atoms with Crippen LogP contribution in [0.15, 0.2) is 71.3 Å². The second kappa shape index (κ2) is 10.1. The van der Waals surface area contributed by atoms with Crippen LogP contribution in [0.2, 0.25) is 0 Å². The summed E-state index contributed by atoms with van der Waals surface area (Å²) in [5.74, 6) is 0. The molecule has 0 fully saturated rings. The Labute approximate surface area is 197 Å². The van der Waals surface area contributed by atoms with Crippen molar-refractivity contribution in [3.63, 3.8) is 0 Å². The first kappa shape index (κ1) is 23.4. The van der Waals surface area contributed by atoms with E-state index >= 15 is 0 Å². The third-order valence-electron chi connectivity index (χ3n) is 5.42. The van der Waals surface area contributed by atoms with Gasteiger partial charge < -0.3 is 14.2 Å². The maximum Gasteiger partial charge on any atom is 0.167 e. The fraction of sp³-hybridized carbons (Fsp3) is 0.308. The first-order valence-electron chi connectivity index (χ1n) is 11.0. The number of nitrogens with zero attached hydrogens (tertiary/aromatic N) is 2. The molecule has 2 aromatic carbocycles. The standard InChI is InChI=1S/C26H29N3O3S/c1-26(2,3)33(31)29-23(17-19-10-8-9-18(27-19)15-16-30)20-11-4-5-12-21(20)25-22-13-6-7-14-24(22)32-28-25/h4-14,23,29-30H,15-17H2,1-3H3/t23-,33-/m0/s1. The third kappa shape index (κ3) is 5.45. The number of rotatable bonds is 8. The van der Waals surface area contributed by atoms with Crippen LogP contribution in [0.3, 0.4) is 0 Å². The van der Waals surface area contributed by atoms with Crippen molar-refractivity contribution >= 4 is 22.3 Å². The molecule has 172 valence electrons. The second-order valence-corrected chi connectivity index (χ2v) is 11.0. The van der Waals surface area contributed by atoms with Crippen molar-refractivity contribution in [3.05, 3.63) is 83.7 Å². The van der Waals surface area contributed by atoms with Gasteiger partial charge in [0.25, 0.3) is 0 Å². The summed E-state index contributed by atoms with van der Waals surface area (Å²) in [4.78, 5) is 4.71. The first-order valence-corrected chi connectivity index (χ1v) is 12.2. The summed E-state index contributed by atoms with van der Waals surface area (Å²) in [5.41, 5.74) is 5.09. The van der Waals surface area contributed by atoms with Crippen molar-refractivity contribution in [2.75, 3.05) is 6.61 Å². The molecule has 4 aromatic rings. The molecule has 2 atom stereocenters. The summed E-state index contributed by atoms with van der Waals surface area (Å²) in [6.07, 6.45) is 1.04. The number of fused-ring (bicyclic) bond motifs is 1. The van der Waals surface area contributed by atoms with Crippen molar-refractivity contribution in [1.29, 1.82) is 0 Å². The van der Waals surface area contributed by atoms with E-state index in [-0.39, 0.29) is 12.6 Å². The minimum Gasteiger partial charge on any atom is -0.598 e. The lowest BCUT2D eigenvalue weighted by molar-refractivity contribution is 0.298. The highest BCUT2D eigenvalue weighted by molar-refractivity contribution is 7.90. The predicted octanol–water partition coefficient (Wildman–Crippen LogP) is 4.76. The van der Waals surface area contributed by atoms with Crippen molar-refractivity contribution in [2.45, 2.75) is 44.4 Å². The molecule has 2 heterocycles. The molecule has 0 bridgehead atoms. The molecule has 4 rings (SSSR count). The fourth-order valence-electron chi connectivity index (χ4n) is 3.72. The van der Waals surface area contributed by atoms with Gasteiger partial charge in [0.1, 0.15) is 10.4 Å². The van der Waals surface area contributed by atoms with Gasteiger partial charge in [-0.3, -0.25) is 4.98 Å². The number of aliphatic hydroxyl groups is 1. The highest BCUT2D eigenvalue weighted by atomic mass is 32.2. The van der Waals surface area contributed by atoms with E-state index in [4.69, 9.17) is 9.51 Å². The molecule has 0 aliphatic rings. The Balaban J connectivity index is 1.77. The molecule has 0 spiro atoms. The molecule has 7 heteroatoms. The summed E-state index contributed by atoms with van der Waals surface area (Å²) in [6.45, 7) is 5.90. The normalized spacial score (nSPS) is 13.8. The summed E-state index contributed by atoms with van der Waals surface area (Å²) < 4.78 is 21.6. The van der Waals surface area contributed by atoms with Crippen molar-refractivity contribution in [1.82, 2.24) is 14.9 Å². The van der Waals surface area contributed by atoms with Gasteiger partial charge in [-0.25, -0.2) is 0 Å². The van der Waals surface area contributed by atoms with Crippen LogP contribution in [-0.2, 0) is 24.2 Å². The summed E-state index contributed by atoms with van der Waals surface area (Å²) >= 11 is -1.29. The van der Waals surface area contributed by atoms with E-state index in [2.05, 4.69) is 9.88 Å². The number of aromatic nitrogens is 2. The van der Waals surface area contributed by atoms with Crippen LogP contribution in [-0.4, -0.2) is 31.2 Å². The second-order valence-electron chi connectivity index (χ2n) is 8.96. The van der Waals surface area contributed by atoms with Gasteiger partial charge in [0, 0.05) is 53.1 Å². The van der Waals surface area contributed by atoms with E-state index in [1.165, 1.54) is 0 Å². The predicted molar refractivity (Wildman–Crippen MR) is 132 cm³/mol. The minimum absolute atomic E-state index is 0.0498. The molecule has 2 N–H and O–H groups in total. The zero-order chi connectivity index (χ0) is 23.4. The largest absolute Gasteiger partial charge is 0.598 e. The molecule has 6 nitrogen and oxygen atoms in total.